The highest BCUT2D eigenvalue weighted by atomic mass is 32.1. The Morgan fingerprint density at radius 2 is 2.33 bits per heavy atom. The lowest BCUT2D eigenvalue weighted by atomic mass is 10.1. The Bertz CT molecular complexity index is 829. The summed E-state index contributed by atoms with van der Waals surface area (Å²) >= 11 is 1.58. The maximum absolute atomic E-state index is 12.5. The summed E-state index contributed by atoms with van der Waals surface area (Å²) in [6, 6.07) is 6.68. The predicted octanol–water partition coefficient (Wildman–Crippen LogP) is 2.93. The summed E-state index contributed by atoms with van der Waals surface area (Å²) in [6.45, 7) is 4.28. The van der Waals surface area contributed by atoms with Crippen LogP contribution in [0.1, 0.15) is 41.1 Å². The maximum Gasteiger partial charge on any atom is 0.239 e. The number of carbonyl (C=O) groups excluding carboxylic acids is 1. The van der Waals surface area contributed by atoms with Crippen molar-refractivity contribution >= 4 is 22.2 Å². The first-order chi connectivity index (χ1) is 11.7. The van der Waals surface area contributed by atoms with Crippen molar-refractivity contribution in [3.05, 3.63) is 40.0 Å². The van der Waals surface area contributed by atoms with E-state index in [1.54, 1.807) is 11.3 Å². The number of hydrogen-bond donors (Lipinski definition) is 1. The average molecular weight is 340 g/mol. The first-order valence-corrected chi connectivity index (χ1v) is 9.22. The fourth-order valence-electron chi connectivity index (χ4n) is 3.80. The molecule has 1 aliphatic heterocycles. The second-order valence-corrected chi connectivity index (χ2v) is 7.60. The van der Waals surface area contributed by atoms with Gasteiger partial charge in [0.05, 0.1) is 12.1 Å². The molecule has 2 aliphatic rings. The van der Waals surface area contributed by atoms with Gasteiger partial charge in [0.2, 0.25) is 5.91 Å². The topological polar surface area (TPSA) is 61.1 Å². The van der Waals surface area contributed by atoms with Gasteiger partial charge in [0.15, 0.2) is 0 Å². The van der Waals surface area contributed by atoms with Crippen molar-refractivity contribution in [1.29, 1.82) is 5.26 Å². The number of amides is 1. The normalized spacial score (nSPS) is 19.6. The molecule has 24 heavy (non-hydrogen) atoms. The van der Waals surface area contributed by atoms with Crippen molar-refractivity contribution in [3.63, 3.8) is 0 Å². The van der Waals surface area contributed by atoms with Gasteiger partial charge in [-0.25, -0.2) is 0 Å². The third kappa shape index (κ3) is 2.54. The second-order valence-electron chi connectivity index (χ2n) is 6.49. The van der Waals surface area contributed by atoms with Gasteiger partial charge in [0.25, 0.3) is 0 Å². The van der Waals surface area contributed by atoms with E-state index in [1.807, 2.05) is 0 Å². The van der Waals surface area contributed by atoms with E-state index in [9.17, 15) is 10.1 Å². The minimum Gasteiger partial charge on any atom is -0.349 e. The number of carbonyl (C=O) groups is 1. The third-order valence-electron chi connectivity index (χ3n) is 5.10. The van der Waals surface area contributed by atoms with E-state index in [-0.39, 0.29) is 11.9 Å². The molecule has 0 bridgehead atoms. The molecule has 6 heteroatoms. The molecule has 0 saturated carbocycles. The number of fused-ring (bicyclic) bond motifs is 2. The molecule has 2 aromatic heterocycles. The molecular weight excluding hydrogens is 320 g/mol. The number of nitriles is 1. The van der Waals surface area contributed by atoms with Crippen LogP contribution in [0.4, 0.5) is 5.00 Å². The van der Waals surface area contributed by atoms with E-state index < -0.39 is 0 Å². The second kappa shape index (κ2) is 6.08. The van der Waals surface area contributed by atoms with Crippen LogP contribution < -0.4 is 5.32 Å². The van der Waals surface area contributed by atoms with Crippen molar-refractivity contribution in [2.45, 2.75) is 38.8 Å². The largest absolute Gasteiger partial charge is 0.349 e. The van der Waals surface area contributed by atoms with Gasteiger partial charge in [-0.1, -0.05) is 0 Å². The third-order valence-corrected chi connectivity index (χ3v) is 6.31. The number of aryl methyl sites for hydroxylation is 1. The fraction of sp³-hybridized carbons (Fsp3) is 0.444. The summed E-state index contributed by atoms with van der Waals surface area (Å²) in [6.07, 6.45) is 5.21. The molecule has 4 rings (SSSR count). The Morgan fingerprint density at radius 3 is 3.17 bits per heavy atom. The predicted molar refractivity (Wildman–Crippen MR) is 94.1 cm³/mol. The van der Waals surface area contributed by atoms with Crippen LogP contribution in [-0.4, -0.2) is 28.5 Å². The Balaban J connectivity index is 1.46. The van der Waals surface area contributed by atoms with E-state index >= 15 is 0 Å². The van der Waals surface area contributed by atoms with Crippen LogP contribution >= 0.6 is 11.3 Å². The van der Waals surface area contributed by atoms with Crippen molar-refractivity contribution in [3.8, 4) is 6.07 Å². The fourth-order valence-corrected chi connectivity index (χ4v) is 5.06. The minimum atomic E-state index is -0.0294. The van der Waals surface area contributed by atoms with Crippen molar-refractivity contribution in [2.24, 2.45) is 0 Å². The van der Waals surface area contributed by atoms with Crippen LogP contribution in [0.15, 0.2) is 18.3 Å². The van der Waals surface area contributed by atoms with Crippen molar-refractivity contribution in [1.82, 2.24) is 9.47 Å². The van der Waals surface area contributed by atoms with E-state index in [0.29, 0.717) is 12.1 Å². The molecule has 1 atom stereocenters. The molecule has 0 unspecified atom stereocenters. The Morgan fingerprint density at radius 1 is 1.46 bits per heavy atom. The SMILES string of the molecule is C[C@@H]1c2cccn2CCN1CC(=O)Nc1sc2c(c1C#N)CCC2. The monoisotopic (exact) mass is 340 g/mol. The first kappa shape index (κ1) is 15.4. The number of rotatable bonds is 3. The highest BCUT2D eigenvalue weighted by Crippen LogP contribution is 2.38. The molecule has 0 aromatic carbocycles. The zero-order chi connectivity index (χ0) is 16.7. The molecule has 0 radical (unpaired) electrons. The lowest BCUT2D eigenvalue weighted by Crippen LogP contribution is -2.41. The van der Waals surface area contributed by atoms with Crippen LogP contribution in [0.2, 0.25) is 0 Å². The number of thiophene rings is 1. The van der Waals surface area contributed by atoms with E-state index in [4.69, 9.17) is 0 Å². The highest BCUT2D eigenvalue weighted by Gasteiger charge is 2.27. The lowest BCUT2D eigenvalue weighted by molar-refractivity contribution is -0.118. The molecular formula is C18H20N4OS. The van der Waals surface area contributed by atoms with Crippen LogP contribution in [0.3, 0.4) is 0 Å². The molecule has 0 fully saturated rings. The van der Waals surface area contributed by atoms with Gasteiger partial charge in [0, 0.05) is 35.9 Å². The molecule has 1 amide bonds. The van der Waals surface area contributed by atoms with Crippen molar-refractivity contribution in [2.75, 3.05) is 18.4 Å². The van der Waals surface area contributed by atoms with E-state index in [0.717, 1.165) is 42.9 Å². The first-order valence-electron chi connectivity index (χ1n) is 8.41. The number of nitrogens with one attached hydrogen (secondary N) is 1. The Hall–Kier alpha value is -2.10. The molecule has 3 heterocycles. The highest BCUT2D eigenvalue weighted by molar-refractivity contribution is 7.16. The summed E-state index contributed by atoms with van der Waals surface area (Å²) in [5, 5.41) is 13.1. The maximum atomic E-state index is 12.5. The Labute approximate surface area is 145 Å². The smallest absolute Gasteiger partial charge is 0.239 e. The van der Waals surface area contributed by atoms with Crippen LogP contribution in [0.25, 0.3) is 0 Å². The van der Waals surface area contributed by atoms with Crippen molar-refractivity contribution < 1.29 is 4.79 Å². The molecule has 0 saturated heterocycles. The minimum absolute atomic E-state index is 0.0294. The van der Waals surface area contributed by atoms with Gasteiger partial charge in [0.1, 0.15) is 11.1 Å². The number of anilines is 1. The van der Waals surface area contributed by atoms with E-state index in [2.05, 4.69) is 46.1 Å². The quantitative estimate of drug-likeness (QED) is 0.934. The van der Waals surface area contributed by atoms with Gasteiger partial charge in [-0.2, -0.15) is 5.26 Å². The summed E-state index contributed by atoms with van der Waals surface area (Å²) in [4.78, 5) is 16.0. The Kier molecular flexibility index (Phi) is 3.91. The van der Waals surface area contributed by atoms with Gasteiger partial charge >= 0.3 is 0 Å². The summed E-state index contributed by atoms with van der Waals surface area (Å²) in [7, 11) is 0. The van der Waals surface area contributed by atoms with Crippen LogP contribution in [0, 0.1) is 11.3 Å². The summed E-state index contributed by atoms with van der Waals surface area (Å²) in [5.74, 6) is -0.0294. The number of nitrogens with zero attached hydrogens (tertiary/aromatic N) is 3. The molecule has 0 spiro atoms. The lowest BCUT2D eigenvalue weighted by Gasteiger charge is -2.34. The van der Waals surface area contributed by atoms with Gasteiger partial charge in [-0.05, 0) is 43.9 Å². The van der Waals surface area contributed by atoms with Gasteiger partial charge in [-0.15, -0.1) is 11.3 Å². The average Bonchev–Trinajstić information content (AvgIpc) is 3.25. The zero-order valence-electron chi connectivity index (χ0n) is 13.7. The van der Waals surface area contributed by atoms with Crippen LogP contribution in [0.5, 0.6) is 0 Å². The molecule has 1 aliphatic carbocycles. The van der Waals surface area contributed by atoms with Crippen LogP contribution in [-0.2, 0) is 24.2 Å². The van der Waals surface area contributed by atoms with Gasteiger partial charge < -0.3 is 9.88 Å². The van der Waals surface area contributed by atoms with E-state index in [1.165, 1.54) is 10.6 Å². The van der Waals surface area contributed by atoms with Gasteiger partial charge in [-0.3, -0.25) is 9.69 Å². The zero-order valence-corrected chi connectivity index (χ0v) is 14.5. The molecule has 2 aromatic rings. The molecule has 124 valence electrons. The molecule has 5 nitrogen and oxygen atoms in total. The number of hydrogen-bond acceptors (Lipinski definition) is 4. The number of aromatic nitrogens is 1. The standard InChI is InChI=1S/C18H20N4OS/c1-12-15-5-3-7-21(15)8-9-22(12)11-17(23)20-18-14(10-19)13-4-2-6-16(13)24-18/h3,5,7,12H,2,4,6,8-9,11H2,1H3,(H,20,23)/t12-/m1/s1. The summed E-state index contributed by atoms with van der Waals surface area (Å²) in [5.41, 5.74) is 3.09. The molecule has 1 N–H and O–H groups in total. The summed E-state index contributed by atoms with van der Waals surface area (Å²) < 4.78 is 2.25.